The molecule has 0 aliphatic heterocycles. The molecule has 0 fully saturated rings. The second kappa shape index (κ2) is 6.93. The molecule has 2 N–H and O–H groups in total. The van der Waals surface area contributed by atoms with Gasteiger partial charge in [0.1, 0.15) is 0 Å². The number of carbonyl (C=O) groups is 2. The molecule has 1 aromatic rings. The van der Waals surface area contributed by atoms with Gasteiger partial charge in [-0.3, -0.25) is 0 Å². The molecule has 1 aromatic carbocycles. The van der Waals surface area contributed by atoms with Crippen LogP contribution in [0.3, 0.4) is 0 Å². The largest absolute Gasteiger partial charge is 0.478 e. The Morgan fingerprint density at radius 3 is 2.50 bits per heavy atom. The lowest BCUT2D eigenvalue weighted by molar-refractivity contribution is 0.0697. The topological polar surface area (TPSA) is 69.6 Å². The molecule has 1 unspecified atom stereocenters. The van der Waals surface area contributed by atoms with E-state index >= 15 is 0 Å². The van der Waals surface area contributed by atoms with Crippen molar-refractivity contribution in [3.63, 3.8) is 0 Å². The number of anilines is 1. The summed E-state index contributed by atoms with van der Waals surface area (Å²) in [5, 5.41) is 11.8. The zero-order valence-corrected chi connectivity index (χ0v) is 12.4. The minimum atomic E-state index is -1.00. The molecule has 0 radical (unpaired) electrons. The van der Waals surface area contributed by atoms with Crippen molar-refractivity contribution in [3.8, 4) is 0 Å². The minimum absolute atomic E-state index is 0.142. The highest BCUT2D eigenvalue weighted by atomic mass is 16.4. The van der Waals surface area contributed by atoms with Gasteiger partial charge in [0, 0.05) is 18.3 Å². The highest BCUT2D eigenvalue weighted by Gasteiger charge is 2.18. The number of urea groups is 1. The third kappa shape index (κ3) is 3.73. The number of carboxylic acid groups (broad SMARTS) is 1. The average Bonchev–Trinajstić information content (AvgIpc) is 2.41. The lowest BCUT2D eigenvalue weighted by Crippen LogP contribution is -2.41. The molecule has 0 saturated carbocycles. The Labute approximate surface area is 119 Å². The lowest BCUT2D eigenvalue weighted by atomic mass is 10.1. The van der Waals surface area contributed by atoms with E-state index < -0.39 is 5.97 Å². The molecule has 0 bridgehead atoms. The van der Waals surface area contributed by atoms with Gasteiger partial charge in [-0.15, -0.1) is 0 Å². The molecule has 0 aliphatic rings. The van der Waals surface area contributed by atoms with Crippen LogP contribution < -0.4 is 5.32 Å². The van der Waals surface area contributed by atoms with Crippen molar-refractivity contribution in [2.24, 2.45) is 0 Å². The number of nitrogens with zero attached hydrogens (tertiary/aromatic N) is 1. The van der Waals surface area contributed by atoms with Gasteiger partial charge in [0.25, 0.3) is 0 Å². The van der Waals surface area contributed by atoms with Gasteiger partial charge in [0.05, 0.1) is 5.56 Å². The average molecular weight is 278 g/mol. The Kier molecular flexibility index (Phi) is 5.55. The Morgan fingerprint density at radius 2 is 2.00 bits per heavy atom. The van der Waals surface area contributed by atoms with Gasteiger partial charge >= 0.3 is 12.0 Å². The van der Waals surface area contributed by atoms with E-state index in [0.717, 1.165) is 12.0 Å². The molecular formula is C15H22N2O3. The highest BCUT2D eigenvalue weighted by molar-refractivity contribution is 5.94. The maximum Gasteiger partial charge on any atom is 0.335 e. The molecule has 0 spiro atoms. The van der Waals surface area contributed by atoms with Gasteiger partial charge in [0.15, 0.2) is 0 Å². The van der Waals surface area contributed by atoms with Crippen LogP contribution in [0.2, 0.25) is 0 Å². The SMILES string of the molecule is CCC(C)N(CC)C(=O)Nc1cc(C(=O)O)ccc1C. The molecule has 110 valence electrons. The Bertz CT molecular complexity index is 500. The second-order valence-electron chi connectivity index (χ2n) is 4.81. The summed E-state index contributed by atoms with van der Waals surface area (Å²) in [6.45, 7) is 8.38. The van der Waals surface area contributed by atoms with Crippen LogP contribution in [0.15, 0.2) is 18.2 Å². The van der Waals surface area contributed by atoms with Gasteiger partial charge in [-0.2, -0.15) is 0 Å². The summed E-state index contributed by atoms with van der Waals surface area (Å²) < 4.78 is 0. The van der Waals surface area contributed by atoms with Gasteiger partial charge in [0.2, 0.25) is 0 Å². The van der Waals surface area contributed by atoms with Gasteiger partial charge < -0.3 is 15.3 Å². The first-order chi connectivity index (χ1) is 9.40. The number of aryl methyl sites for hydroxylation is 1. The smallest absolute Gasteiger partial charge is 0.335 e. The molecule has 0 saturated heterocycles. The molecular weight excluding hydrogens is 256 g/mol. The molecule has 1 rings (SSSR count). The van der Waals surface area contributed by atoms with Gasteiger partial charge in [-0.1, -0.05) is 13.0 Å². The maximum atomic E-state index is 12.2. The van der Waals surface area contributed by atoms with Gasteiger partial charge in [-0.25, -0.2) is 9.59 Å². The summed E-state index contributed by atoms with van der Waals surface area (Å²) >= 11 is 0. The van der Waals surface area contributed by atoms with E-state index in [4.69, 9.17) is 5.11 Å². The summed E-state index contributed by atoms with van der Waals surface area (Å²) in [7, 11) is 0. The van der Waals surface area contributed by atoms with Gasteiger partial charge in [-0.05, 0) is 44.9 Å². The number of nitrogens with one attached hydrogen (secondary N) is 1. The molecule has 0 aromatic heterocycles. The number of benzene rings is 1. The standard InChI is InChI=1S/C15H22N2O3/c1-5-11(4)17(6-2)15(20)16-13-9-12(14(18)19)8-7-10(13)3/h7-9,11H,5-6H2,1-4H3,(H,16,20)(H,18,19). The number of aromatic carboxylic acids is 1. The van der Waals surface area contributed by atoms with Crippen molar-refractivity contribution in [2.75, 3.05) is 11.9 Å². The van der Waals surface area contributed by atoms with E-state index in [1.165, 1.54) is 12.1 Å². The van der Waals surface area contributed by atoms with Crippen molar-refractivity contribution in [3.05, 3.63) is 29.3 Å². The molecule has 20 heavy (non-hydrogen) atoms. The van der Waals surface area contributed by atoms with E-state index in [-0.39, 0.29) is 17.6 Å². The monoisotopic (exact) mass is 278 g/mol. The predicted octanol–water partition coefficient (Wildman–Crippen LogP) is 3.35. The fraction of sp³-hybridized carbons (Fsp3) is 0.467. The van der Waals surface area contributed by atoms with Crippen molar-refractivity contribution in [2.45, 2.75) is 40.2 Å². The minimum Gasteiger partial charge on any atom is -0.478 e. The van der Waals surface area contributed by atoms with Crippen LogP contribution in [0.1, 0.15) is 43.1 Å². The Hall–Kier alpha value is -2.04. The molecule has 0 aliphatic carbocycles. The molecule has 2 amide bonds. The van der Waals surface area contributed by atoms with Crippen LogP contribution in [0.4, 0.5) is 10.5 Å². The predicted molar refractivity (Wildman–Crippen MR) is 79.3 cm³/mol. The summed E-state index contributed by atoms with van der Waals surface area (Å²) in [4.78, 5) is 24.9. The quantitative estimate of drug-likeness (QED) is 0.867. The Morgan fingerprint density at radius 1 is 1.35 bits per heavy atom. The van der Waals surface area contributed by atoms with Crippen LogP contribution in [-0.4, -0.2) is 34.6 Å². The van der Waals surface area contributed by atoms with Crippen molar-refractivity contribution in [1.82, 2.24) is 4.90 Å². The molecule has 5 nitrogen and oxygen atoms in total. The van der Waals surface area contributed by atoms with Crippen molar-refractivity contribution < 1.29 is 14.7 Å². The van der Waals surface area contributed by atoms with E-state index in [1.54, 1.807) is 11.0 Å². The summed E-state index contributed by atoms with van der Waals surface area (Å²) in [6.07, 6.45) is 0.870. The summed E-state index contributed by atoms with van der Waals surface area (Å²) in [5.74, 6) is -1.00. The van der Waals surface area contributed by atoms with Crippen LogP contribution in [0.5, 0.6) is 0 Å². The number of rotatable bonds is 5. The summed E-state index contributed by atoms with van der Waals surface area (Å²) in [6, 6.07) is 4.65. The zero-order chi connectivity index (χ0) is 15.3. The van der Waals surface area contributed by atoms with Crippen molar-refractivity contribution in [1.29, 1.82) is 0 Å². The van der Waals surface area contributed by atoms with Crippen LogP contribution in [0.25, 0.3) is 0 Å². The lowest BCUT2D eigenvalue weighted by Gasteiger charge is -2.27. The van der Waals surface area contributed by atoms with E-state index in [9.17, 15) is 9.59 Å². The maximum absolute atomic E-state index is 12.2. The molecule has 5 heteroatoms. The first kappa shape index (κ1) is 16.0. The number of carbonyl (C=O) groups excluding carboxylic acids is 1. The number of hydrogen-bond donors (Lipinski definition) is 2. The van der Waals surface area contributed by atoms with Crippen LogP contribution in [-0.2, 0) is 0 Å². The van der Waals surface area contributed by atoms with E-state index in [0.29, 0.717) is 12.2 Å². The number of carboxylic acids is 1. The fourth-order valence-electron chi connectivity index (χ4n) is 1.95. The Balaban J connectivity index is 2.94. The number of amides is 2. The fourth-order valence-corrected chi connectivity index (χ4v) is 1.95. The number of hydrogen-bond acceptors (Lipinski definition) is 2. The third-order valence-corrected chi connectivity index (χ3v) is 3.45. The van der Waals surface area contributed by atoms with Crippen LogP contribution in [0, 0.1) is 6.92 Å². The first-order valence-electron chi connectivity index (χ1n) is 6.82. The molecule has 1 atom stereocenters. The van der Waals surface area contributed by atoms with Crippen molar-refractivity contribution >= 4 is 17.7 Å². The van der Waals surface area contributed by atoms with Crippen LogP contribution >= 0.6 is 0 Å². The zero-order valence-electron chi connectivity index (χ0n) is 12.4. The highest BCUT2D eigenvalue weighted by Crippen LogP contribution is 2.18. The first-order valence-corrected chi connectivity index (χ1v) is 6.82. The normalized spacial score (nSPS) is 11.8. The van der Waals surface area contributed by atoms with E-state index in [2.05, 4.69) is 5.32 Å². The second-order valence-corrected chi connectivity index (χ2v) is 4.81. The van der Waals surface area contributed by atoms with E-state index in [1.807, 2.05) is 27.7 Å². The third-order valence-electron chi connectivity index (χ3n) is 3.45. The summed E-state index contributed by atoms with van der Waals surface area (Å²) in [5.41, 5.74) is 1.54. The molecule has 0 heterocycles.